The van der Waals surface area contributed by atoms with Crippen molar-refractivity contribution in [1.29, 1.82) is 0 Å². The van der Waals surface area contributed by atoms with E-state index in [4.69, 9.17) is 4.42 Å². The van der Waals surface area contributed by atoms with Gasteiger partial charge >= 0.3 is 0 Å². The van der Waals surface area contributed by atoms with Crippen LogP contribution in [0.25, 0.3) is 76.8 Å². The molecule has 0 fully saturated rings. The molecule has 0 unspecified atom stereocenters. The lowest BCUT2D eigenvalue weighted by molar-refractivity contribution is 0.670. The molecule has 0 atom stereocenters. The zero-order chi connectivity index (χ0) is 23.6. The number of furan rings is 1. The van der Waals surface area contributed by atoms with E-state index in [-0.39, 0.29) is 0 Å². The Morgan fingerprint density at radius 2 is 1.06 bits per heavy atom. The van der Waals surface area contributed by atoms with Gasteiger partial charge in [0.1, 0.15) is 11.2 Å². The summed E-state index contributed by atoms with van der Waals surface area (Å²) in [4.78, 5) is 3.61. The van der Waals surface area contributed by atoms with Crippen molar-refractivity contribution in [3.05, 3.63) is 121 Å². The van der Waals surface area contributed by atoms with Gasteiger partial charge in [0.25, 0.3) is 0 Å². The van der Waals surface area contributed by atoms with Gasteiger partial charge in [0.15, 0.2) is 0 Å². The molecular weight excluding hydrogens is 438 g/mol. The molecule has 6 aromatic carbocycles. The number of aromatic amines is 1. The molecule has 0 aliphatic heterocycles. The maximum Gasteiger partial charge on any atom is 0.143 e. The third kappa shape index (κ3) is 2.79. The minimum absolute atomic E-state index is 0.924. The Morgan fingerprint density at radius 3 is 1.89 bits per heavy atom. The first kappa shape index (κ1) is 19.5. The lowest BCUT2D eigenvalue weighted by atomic mass is 9.96. The SMILES string of the molecule is c1ccc2c(-c3ccc4[nH]c5ccc(-c6cccc7c6oc6ccccc67)cc5c4c3)cccc2c1. The van der Waals surface area contributed by atoms with Gasteiger partial charge in [0.2, 0.25) is 0 Å². The van der Waals surface area contributed by atoms with Crippen molar-refractivity contribution in [3.8, 4) is 22.3 Å². The number of fused-ring (bicyclic) bond motifs is 7. The van der Waals surface area contributed by atoms with E-state index in [2.05, 4.69) is 114 Å². The fourth-order valence-electron chi connectivity index (χ4n) is 5.68. The molecule has 2 nitrogen and oxygen atoms in total. The number of aromatic nitrogens is 1. The third-order valence-corrected chi connectivity index (χ3v) is 7.41. The van der Waals surface area contributed by atoms with Crippen LogP contribution in [0.5, 0.6) is 0 Å². The Bertz CT molecular complexity index is 2100. The molecule has 2 aromatic heterocycles. The van der Waals surface area contributed by atoms with Gasteiger partial charge in [0, 0.05) is 38.1 Å². The maximum absolute atomic E-state index is 6.33. The predicted octanol–water partition coefficient (Wildman–Crippen LogP) is 9.71. The normalized spacial score (nSPS) is 11.9. The molecule has 36 heavy (non-hydrogen) atoms. The fourth-order valence-corrected chi connectivity index (χ4v) is 5.68. The van der Waals surface area contributed by atoms with E-state index >= 15 is 0 Å². The van der Waals surface area contributed by atoms with E-state index in [1.807, 2.05) is 12.1 Å². The number of nitrogens with one attached hydrogen (secondary N) is 1. The molecule has 0 amide bonds. The first-order valence-electron chi connectivity index (χ1n) is 12.3. The van der Waals surface area contributed by atoms with Crippen LogP contribution >= 0.6 is 0 Å². The van der Waals surface area contributed by atoms with Crippen LogP contribution in [0.15, 0.2) is 126 Å². The lowest BCUT2D eigenvalue weighted by Crippen LogP contribution is -1.82. The average Bonchev–Trinajstić information content (AvgIpc) is 3.50. The summed E-state index contributed by atoms with van der Waals surface area (Å²) in [6.45, 7) is 0. The zero-order valence-corrected chi connectivity index (χ0v) is 19.5. The minimum Gasteiger partial charge on any atom is -0.455 e. The molecule has 0 bridgehead atoms. The molecule has 8 aromatic rings. The Labute approximate surface area is 207 Å². The van der Waals surface area contributed by atoms with Crippen LogP contribution in [-0.4, -0.2) is 4.98 Å². The molecule has 0 radical (unpaired) electrons. The minimum atomic E-state index is 0.924. The second kappa shape index (κ2) is 7.34. The number of H-pyrrole nitrogens is 1. The largest absolute Gasteiger partial charge is 0.455 e. The van der Waals surface area contributed by atoms with Crippen LogP contribution in [0.3, 0.4) is 0 Å². The maximum atomic E-state index is 6.33. The van der Waals surface area contributed by atoms with Crippen LogP contribution in [0.1, 0.15) is 0 Å². The van der Waals surface area contributed by atoms with E-state index in [0.29, 0.717) is 0 Å². The van der Waals surface area contributed by atoms with Crippen molar-refractivity contribution in [2.75, 3.05) is 0 Å². The summed E-state index contributed by atoms with van der Waals surface area (Å²) in [5, 5.41) is 7.29. The summed E-state index contributed by atoms with van der Waals surface area (Å²) in [6, 6.07) is 43.2. The number of benzene rings is 6. The summed E-state index contributed by atoms with van der Waals surface area (Å²) in [5.74, 6) is 0. The Morgan fingerprint density at radius 1 is 0.444 bits per heavy atom. The summed E-state index contributed by atoms with van der Waals surface area (Å²) in [6.07, 6.45) is 0. The summed E-state index contributed by atoms with van der Waals surface area (Å²) < 4.78 is 6.33. The molecule has 0 saturated heterocycles. The van der Waals surface area contributed by atoms with Crippen LogP contribution < -0.4 is 0 Å². The van der Waals surface area contributed by atoms with E-state index in [9.17, 15) is 0 Å². The van der Waals surface area contributed by atoms with Gasteiger partial charge in [-0.15, -0.1) is 0 Å². The van der Waals surface area contributed by atoms with Crippen LogP contribution in [0.2, 0.25) is 0 Å². The van der Waals surface area contributed by atoms with E-state index in [0.717, 1.165) is 44.1 Å². The van der Waals surface area contributed by atoms with Gasteiger partial charge in [-0.05, 0) is 57.8 Å². The zero-order valence-electron chi connectivity index (χ0n) is 19.5. The topological polar surface area (TPSA) is 28.9 Å². The molecule has 168 valence electrons. The van der Waals surface area contributed by atoms with Crippen LogP contribution in [0, 0.1) is 0 Å². The molecule has 0 saturated carbocycles. The lowest BCUT2D eigenvalue weighted by Gasteiger charge is -2.07. The smallest absolute Gasteiger partial charge is 0.143 e. The van der Waals surface area contributed by atoms with Gasteiger partial charge in [-0.2, -0.15) is 0 Å². The number of rotatable bonds is 2. The second-order valence-electron chi connectivity index (χ2n) is 9.45. The molecule has 2 heteroatoms. The number of hydrogen-bond donors (Lipinski definition) is 1. The molecule has 0 aliphatic carbocycles. The van der Waals surface area contributed by atoms with Crippen LogP contribution in [0.4, 0.5) is 0 Å². The van der Waals surface area contributed by atoms with Gasteiger partial charge in [-0.25, -0.2) is 0 Å². The van der Waals surface area contributed by atoms with Crippen molar-refractivity contribution in [3.63, 3.8) is 0 Å². The van der Waals surface area contributed by atoms with E-state index < -0.39 is 0 Å². The molecule has 0 spiro atoms. The Hall–Kier alpha value is -4.82. The van der Waals surface area contributed by atoms with Crippen molar-refractivity contribution in [2.24, 2.45) is 0 Å². The second-order valence-corrected chi connectivity index (χ2v) is 9.45. The van der Waals surface area contributed by atoms with Gasteiger partial charge in [0.05, 0.1) is 0 Å². The Balaban J connectivity index is 1.35. The number of para-hydroxylation sites is 2. The van der Waals surface area contributed by atoms with Gasteiger partial charge in [-0.3, -0.25) is 0 Å². The van der Waals surface area contributed by atoms with Crippen molar-refractivity contribution in [1.82, 2.24) is 4.98 Å². The third-order valence-electron chi connectivity index (χ3n) is 7.41. The summed E-state index contributed by atoms with van der Waals surface area (Å²) >= 11 is 0. The fraction of sp³-hybridized carbons (Fsp3) is 0. The first-order valence-corrected chi connectivity index (χ1v) is 12.3. The Kier molecular flexibility index (Phi) is 3.97. The van der Waals surface area contributed by atoms with Gasteiger partial charge < -0.3 is 9.40 Å². The van der Waals surface area contributed by atoms with Crippen molar-refractivity contribution >= 4 is 54.5 Å². The van der Waals surface area contributed by atoms with E-state index in [1.54, 1.807) is 0 Å². The number of hydrogen-bond acceptors (Lipinski definition) is 1. The first-order chi connectivity index (χ1) is 17.8. The molecule has 8 rings (SSSR count). The molecular formula is C34H21NO. The molecule has 2 heterocycles. The van der Waals surface area contributed by atoms with Crippen LogP contribution in [-0.2, 0) is 0 Å². The highest BCUT2D eigenvalue weighted by atomic mass is 16.3. The van der Waals surface area contributed by atoms with Crippen molar-refractivity contribution < 1.29 is 4.42 Å². The summed E-state index contributed by atoms with van der Waals surface area (Å²) in [7, 11) is 0. The highest BCUT2D eigenvalue weighted by Crippen LogP contribution is 2.38. The average molecular weight is 460 g/mol. The van der Waals surface area contributed by atoms with Crippen molar-refractivity contribution in [2.45, 2.75) is 0 Å². The molecule has 1 N–H and O–H groups in total. The monoisotopic (exact) mass is 459 g/mol. The van der Waals surface area contributed by atoms with E-state index in [1.165, 1.54) is 32.7 Å². The highest BCUT2D eigenvalue weighted by molar-refractivity contribution is 6.13. The molecule has 0 aliphatic rings. The van der Waals surface area contributed by atoms with Gasteiger partial charge in [-0.1, -0.05) is 91.0 Å². The summed E-state index contributed by atoms with van der Waals surface area (Å²) in [5.41, 5.74) is 8.90. The quantitative estimate of drug-likeness (QED) is 0.274. The predicted molar refractivity (Wildman–Crippen MR) is 151 cm³/mol. The highest BCUT2D eigenvalue weighted by Gasteiger charge is 2.14. The standard InChI is InChI=1S/C34H21NO/c1-2-9-24-21(7-1)8-5-11-25(24)22-15-17-31-29(19-22)30-20-23(16-18-32(30)35-31)26-12-6-13-28-27-10-3-4-14-33(27)36-34(26)28/h1-20,35H.